The zero-order chi connectivity index (χ0) is 19.9. The molecule has 0 bridgehead atoms. The SMILES string of the molecule is COc1cc(CN2CCN(c3nccc(OC)n3)C[C@@H]2CCO)cc(OC)c1. The molecule has 1 aromatic carbocycles. The molecule has 0 saturated carbocycles. The Morgan fingerprint density at radius 3 is 2.46 bits per heavy atom. The van der Waals surface area contributed by atoms with Gasteiger partial charge in [0, 0.05) is 57.2 Å². The van der Waals surface area contributed by atoms with Crippen LogP contribution in [0, 0.1) is 0 Å². The van der Waals surface area contributed by atoms with E-state index in [0.29, 0.717) is 18.2 Å². The summed E-state index contributed by atoms with van der Waals surface area (Å²) in [5, 5.41) is 9.57. The van der Waals surface area contributed by atoms with Gasteiger partial charge in [0.05, 0.1) is 21.3 Å². The maximum atomic E-state index is 9.57. The van der Waals surface area contributed by atoms with E-state index < -0.39 is 0 Å². The van der Waals surface area contributed by atoms with Crippen LogP contribution >= 0.6 is 0 Å². The molecule has 1 N–H and O–H groups in total. The molecule has 0 unspecified atom stereocenters. The standard InChI is InChI=1S/C20H28N4O4/c1-26-17-10-15(11-18(12-17)27-2)13-23-7-8-24(14-16(23)5-9-25)20-21-6-4-19(22-20)28-3/h4,6,10-12,16,25H,5,7-9,13-14H2,1-3H3/t16-/m0/s1. The highest BCUT2D eigenvalue weighted by Gasteiger charge is 2.28. The number of rotatable bonds is 8. The number of hydrogen-bond acceptors (Lipinski definition) is 8. The second kappa shape index (κ2) is 9.57. The third-order valence-corrected chi connectivity index (χ3v) is 4.97. The van der Waals surface area contributed by atoms with E-state index >= 15 is 0 Å². The van der Waals surface area contributed by atoms with Crippen LogP contribution in [0.25, 0.3) is 0 Å². The second-order valence-electron chi connectivity index (χ2n) is 6.70. The fourth-order valence-corrected chi connectivity index (χ4v) is 3.50. The minimum atomic E-state index is 0.134. The number of anilines is 1. The smallest absolute Gasteiger partial charge is 0.228 e. The van der Waals surface area contributed by atoms with Crippen molar-refractivity contribution in [1.82, 2.24) is 14.9 Å². The van der Waals surface area contributed by atoms with E-state index in [4.69, 9.17) is 14.2 Å². The van der Waals surface area contributed by atoms with Crippen LogP contribution < -0.4 is 19.1 Å². The molecule has 0 radical (unpaired) electrons. The van der Waals surface area contributed by atoms with Crippen molar-refractivity contribution in [2.45, 2.75) is 19.0 Å². The normalized spacial score (nSPS) is 17.4. The Labute approximate surface area is 165 Å². The number of methoxy groups -OCH3 is 3. The van der Waals surface area contributed by atoms with Crippen molar-refractivity contribution in [1.29, 1.82) is 0 Å². The second-order valence-corrected chi connectivity index (χ2v) is 6.70. The molecule has 1 fully saturated rings. The number of ether oxygens (including phenoxy) is 3. The highest BCUT2D eigenvalue weighted by Crippen LogP contribution is 2.26. The Morgan fingerprint density at radius 1 is 1.07 bits per heavy atom. The van der Waals surface area contributed by atoms with Crippen molar-refractivity contribution in [2.75, 3.05) is 52.5 Å². The van der Waals surface area contributed by atoms with Gasteiger partial charge in [-0.3, -0.25) is 4.90 Å². The van der Waals surface area contributed by atoms with E-state index in [-0.39, 0.29) is 12.6 Å². The highest BCUT2D eigenvalue weighted by atomic mass is 16.5. The summed E-state index contributed by atoms with van der Waals surface area (Å²) in [5.74, 6) is 2.76. The number of nitrogens with zero attached hydrogens (tertiary/aromatic N) is 4. The first-order chi connectivity index (χ1) is 13.7. The lowest BCUT2D eigenvalue weighted by atomic mass is 10.1. The monoisotopic (exact) mass is 388 g/mol. The van der Waals surface area contributed by atoms with Gasteiger partial charge in [-0.15, -0.1) is 0 Å². The average Bonchev–Trinajstić information content (AvgIpc) is 2.74. The number of benzene rings is 1. The Kier molecular flexibility index (Phi) is 6.89. The first-order valence-corrected chi connectivity index (χ1v) is 9.35. The Balaban J connectivity index is 1.74. The van der Waals surface area contributed by atoms with E-state index in [2.05, 4.69) is 19.8 Å². The van der Waals surface area contributed by atoms with Crippen LogP contribution in [0.3, 0.4) is 0 Å². The molecule has 2 aromatic rings. The largest absolute Gasteiger partial charge is 0.497 e. The van der Waals surface area contributed by atoms with Gasteiger partial charge in [0.25, 0.3) is 0 Å². The summed E-state index contributed by atoms with van der Waals surface area (Å²) in [6.45, 7) is 3.27. The van der Waals surface area contributed by atoms with Gasteiger partial charge >= 0.3 is 0 Å². The Morgan fingerprint density at radius 2 is 1.82 bits per heavy atom. The van der Waals surface area contributed by atoms with Crippen molar-refractivity contribution in [3.05, 3.63) is 36.0 Å². The van der Waals surface area contributed by atoms with Gasteiger partial charge in [0.2, 0.25) is 11.8 Å². The van der Waals surface area contributed by atoms with E-state index in [1.807, 2.05) is 18.2 Å². The average molecular weight is 388 g/mol. The van der Waals surface area contributed by atoms with Crippen molar-refractivity contribution < 1.29 is 19.3 Å². The van der Waals surface area contributed by atoms with Gasteiger partial charge in [-0.05, 0) is 24.1 Å². The topological polar surface area (TPSA) is 80.2 Å². The number of aliphatic hydroxyl groups excluding tert-OH is 1. The lowest BCUT2D eigenvalue weighted by Crippen LogP contribution is -2.53. The minimum absolute atomic E-state index is 0.134. The minimum Gasteiger partial charge on any atom is -0.497 e. The van der Waals surface area contributed by atoms with Crippen LogP contribution in [0.1, 0.15) is 12.0 Å². The lowest BCUT2D eigenvalue weighted by molar-refractivity contribution is 0.134. The molecule has 28 heavy (non-hydrogen) atoms. The van der Waals surface area contributed by atoms with Crippen molar-refractivity contribution >= 4 is 5.95 Å². The van der Waals surface area contributed by atoms with Crippen LogP contribution in [-0.4, -0.2) is 73.6 Å². The summed E-state index contributed by atoms with van der Waals surface area (Å²) in [5.41, 5.74) is 1.12. The third kappa shape index (κ3) is 4.82. The Hall–Kier alpha value is -2.58. The van der Waals surface area contributed by atoms with E-state index in [1.165, 1.54) is 0 Å². The van der Waals surface area contributed by atoms with E-state index in [9.17, 15) is 5.11 Å². The summed E-state index contributed by atoms with van der Waals surface area (Å²) in [4.78, 5) is 13.3. The first-order valence-electron chi connectivity index (χ1n) is 9.35. The molecule has 1 saturated heterocycles. The maximum Gasteiger partial charge on any atom is 0.228 e. The molecule has 1 aromatic heterocycles. The molecule has 8 heteroatoms. The molecular weight excluding hydrogens is 360 g/mol. The van der Waals surface area contributed by atoms with Gasteiger partial charge in [0.15, 0.2) is 0 Å². The molecular formula is C20H28N4O4. The van der Waals surface area contributed by atoms with Crippen LogP contribution in [0.4, 0.5) is 5.95 Å². The zero-order valence-electron chi connectivity index (χ0n) is 16.7. The van der Waals surface area contributed by atoms with E-state index in [1.54, 1.807) is 33.6 Å². The number of aromatic nitrogens is 2. The van der Waals surface area contributed by atoms with Crippen molar-refractivity contribution in [3.8, 4) is 17.4 Å². The number of hydrogen-bond donors (Lipinski definition) is 1. The van der Waals surface area contributed by atoms with E-state index in [0.717, 1.165) is 43.2 Å². The van der Waals surface area contributed by atoms with Gasteiger partial charge in [-0.2, -0.15) is 4.98 Å². The summed E-state index contributed by atoms with van der Waals surface area (Å²) in [6.07, 6.45) is 2.39. The first kappa shape index (κ1) is 20.2. The molecule has 152 valence electrons. The molecule has 1 aliphatic heterocycles. The summed E-state index contributed by atoms with van der Waals surface area (Å²) in [6, 6.07) is 7.84. The van der Waals surface area contributed by atoms with Gasteiger partial charge < -0.3 is 24.2 Å². The fourth-order valence-electron chi connectivity index (χ4n) is 3.50. The summed E-state index contributed by atoms with van der Waals surface area (Å²) >= 11 is 0. The zero-order valence-corrected chi connectivity index (χ0v) is 16.7. The molecule has 8 nitrogen and oxygen atoms in total. The number of piperazine rings is 1. The molecule has 0 amide bonds. The van der Waals surface area contributed by atoms with Crippen molar-refractivity contribution in [3.63, 3.8) is 0 Å². The predicted octanol–water partition coefficient (Wildman–Crippen LogP) is 1.58. The summed E-state index contributed by atoms with van der Waals surface area (Å²) < 4.78 is 16.0. The molecule has 1 aliphatic rings. The van der Waals surface area contributed by atoms with Crippen LogP contribution in [0.15, 0.2) is 30.5 Å². The van der Waals surface area contributed by atoms with Crippen LogP contribution in [0.5, 0.6) is 17.4 Å². The lowest BCUT2D eigenvalue weighted by Gasteiger charge is -2.41. The molecule has 0 spiro atoms. The Bertz CT molecular complexity index is 751. The third-order valence-electron chi connectivity index (χ3n) is 4.97. The fraction of sp³-hybridized carbons (Fsp3) is 0.500. The summed E-state index contributed by atoms with van der Waals surface area (Å²) in [7, 11) is 4.90. The number of aliphatic hydroxyl groups is 1. The molecule has 0 aliphatic carbocycles. The molecule has 3 rings (SSSR count). The van der Waals surface area contributed by atoms with Crippen LogP contribution in [0.2, 0.25) is 0 Å². The van der Waals surface area contributed by atoms with Gasteiger partial charge in [-0.1, -0.05) is 0 Å². The molecule has 1 atom stereocenters. The predicted molar refractivity (Wildman–Crippen MR) is 106 cm³/mol. The van der Waals surface area contributed by atoms with Crippen LogP contribution in [-0.2, 0) is 6.54 Å². The molecule has 2 heterocycles. The van der Waals surface area contributed by atoms with Gasteiger partial charge in [0.1, 0.15) is 11.5 Å². The highest BCUT2D eigenvalue weighted by molar-refractivity contribution is 5.39. The van der Waals surface area contributed by atoms with Gasteiger partial charge in [-0.25, -0.2) is 4.98 Å². The maximum absolute atomic E-state index is 9.57. The quantitative estimate of drug-likeness (QED) is 0.730. The van der Waals surface area contributed by atoms with Crippen molar-refractivity contribution in [2.24, 2.45) is 0 Å².